The summed E-state index contributed by atoms with van der Waals surface area (Å²) in [5.74, 6) is 1.08. The summed E-state index contributed by atoms with van der Waals surface area (Å²) in [5, 5.41) is 22.4. The maximum Gasteiger partial charge on any atom is 0.335 e. The lowest BCUT2D eigenvalue weighted by Gasteiger charge is -2.12. The van der Waals surface area contributed by atoms with Crippen molar-refractivity contribution < 1.29 is 0 Å². The van der Waals surface area contributed by atoms with Gasteiger partial charge in [-0.3, -0.25) is 14.1 Å². The molecule has 0 unspecified atom stereocenters. The highest BCUT2D eigenvalue weighted by Crippen LogP contribution is 2.26. The largest absolute Gasteiger partial charge is 0.335 e. The minimum absolute atomic E-state index is 0.138. The van der Waals surface area contributed by atoms with Crippen LogP contribution in [0.25, 0.3) is 28.5 Å². The fraction of sp³-hybridized carbons (Fsp3) is 0.292. The molecule has 0 aliphatic rings. The number of rotatable bonds is 9. The smallest absolute Gasteiger partial charge is 0.299 e. The minimum atomic E-state index is -0.138. The van der Waals surface area contributed by atoms with Crippen LogP contribution in [0.1, 0.15) is 37.9 Å². The van der Waals surface area contributed by atoms with E-state index < -0.39 is 0 Å². The van der Waals surface area contributed by atoms with E-state index >= 15 is 0 Å². The Morgan fingerprint density at radius 2 is 1.83 bits per heavy atom. The van der Waals surface area contributed by atoms with E-state index in [1.54, 1.807) is 17.1 Å². The molecular formula is C24H26N10O. The number of aromatic nitrogens is 10. The van der Waals surface area contributed by atoms with Crippen LogP contribution in [0.2, 0.25) is 0 Å². The highest BCUT2D eigenvalue weighted by atomic mass is 16.2. The first-order valence-corrected chi connectivity index (χ1v) is 11.7. The number of nitrogens with zero attached hydrogens (tertiary/aromatic N) is 9. The number of H-pyrrole nitrogens is 1. The molecule has 0 amide bonds. The van der Waals surface area contributed by atoms with Crippen molar-refractivity contribution in [3.63, 3.8) is 0 Å². The summed E-state index contributed by atoms with van der Waals surface area (Å²) in [6.07, 6.45) is 9.76. The number of aromatic amines is 1. The molecule has 5 aromatic rings. The molecule has 0 atom stereocenters. The Bertz CT molecular complexity index is 1460. The zero-order chi connectivity index (χ0) is 24.2. The number of benzene rings is 1. The Labute approximate surface area is 201 Å². The molecule has 0 saturated carbocycles. The van der Waals surface area contributed by atoms with Crippen LogP contribution in [0, 0.1) is 0 Å². The third-order valence-corrected chi connectivity index (χ3v) is 5.87. The maximum atomic E-state index is 13.5. The fourth-order valence-electron chi connectivity index (χ4n) is 4.22. The van der Waals surface area contributed by atoms with E-state index in [-0.39, 0.29) is 5.69 Å². The Kier molecular flexibility index (Phi) is 6.29. The molecule has 11 nitrogen and oxygen atoms in total. The molecule has 0 bridgehead atoms. The first-order valence-electron chi connectivity index (χ1n) is 11.7. The molecule has 178 valence electrons. The van der Waals surface area contributed by atoms with Gasteiger partial charge in [-0.15, -0.1) is 20.4 Å². The zero-order valence-electron chi connectivity index (χ0n) is 19.7. The number of hydrogen-bond acceptors (Lipinski definition) is 7. The van der Waals surface area contributed by atoms with Gasteiger partial charge in [-0.2, -0.15) is 5.21 Å². The second kappa shape index (κ2) is 9.84. The number of pyridine rings is 1. The van der Waals surface area contributed by atoms with E-state index in [9.17, 15) is 4.79 Å². The SMILES string of the molecule is CCCc1cn(-c2nncn2CCC)c(=O)n1Cc1cnccc1-c1ccc(-c2nn[nH]n2)cc1. The molecule has 0 aliphatic carbocycles. The van der Waals surface area contributed by atoms with E-state index in [4.69, 9.17) is 0 Å². The van der Waals surface area contributed by atoms with Crippen molar-refractivity contribution in [1.82, 2.24) is 49.5 Å². The molecule has 35 heavy (non-hydrogen) atoms. The predicted octanol–water partition coefficient (Wildman–Crippen LogP) is 2.88. The summed E-state index contributed by atoms with van der Waals surface area (Å²) in [7, 11) is 0. The van der Waals surface area contributed by atoms with Crippen molar-refractivity contribution in [2.45, 2.75) is 46.2 Å². The highest BCUT2D eigenvalue weighted by Gasteiger charge is 2.18. The number of tetrazole rings is 1. The van der Waals surface area contributed by atoms with Gasteiger partial charge in [0.2, 0.25) is 11.8 Å². The summed E-state index contributed by atoms with van der Waals surface area (Å²) >= 11 is 0. The Morgan fingerprint density at radius 1 is 1.00 bits per heavy atom. The Balaban J connectivity index is 1.52. The van der Waals surface area contributed by atoms with Crippen LogP contribution >= 0.6 is 0 Å². The standard InChI is InChI=1S/C24H26N10O/c1-3-5-20-15-34(23-29-26-16-32(23)12-4-2)24(35)33(20)14-19-13-25-11-10-21(19)17-6-8-18(9-7-17)22-27-30-31-28-22/h6-11,13,15-16H,3-5,12,14H2,1-2H3,(H,27,28,30,31). The Morgan fingerprint density at radius 3 is 2.57 bits per heavy atom. The van der Waals surface area contributed by atoms with Crippen LogP contribution in [0.5, 0.6) is 0 Å². The lowest BCUT2D eigenvalue weighted by atomic mass is 10.00. The molecule has 5 rings (SSSR count). The zero-order valence-corrected chi connectivity index (χ0v) is 19.7. The van der Waals surface area contributed by atoms with Crippen molar-refractivity contribution >= 4 is 0 Å². The van der Waals surface area contributed by atoms with Crippen LogP contribution in [-0.4, -0.2) is 49.5 Å². The van der Waals surface area contributed by atoms with E-state index in [2.05, 4.69) is 49.7 Å². The lowest BCUT2D eigenvalue weighted by molar-refractivity contribution is 0.638. The molecule has 4 heterocycles. The van der Waals surface area contributed by atoms with Crippen molar-refractivity contribution in [3.05, 3.63) is 77.0 Å². The molecular weight excluding hydrogens is 444 g/mol. The van der Waals surface area contributed by atoms with E-state index in [0.29, 0.717) is 18.3 Å². The molecule has 0 radical (unpaired) electrons. The average Bonchev–Trinajstić information content (AvgIpc) is 3.63. The van der Waals surface area contributed by atoms with Crippen LogP contribution in [0.4, 0.5) is 0 Å². The third-order valence-electron chi connectivity index (χ3n) is 5.87. The summed E-state index contributed by atoms with van der Waals surface area (Å²) < 4.78 is 5.31. The number of nitrogens with one attached hydrogen (secondary N) is 1. The van der Waals surface area contributed by atoms with E-state index in [0.717, 1.165) is 53.8 Å². The summed E-state index contributed by atoms with van der Waals surface area (Å²) in [5.41, 5.74) is 4.66. The first kappa shape index (κ1) is 22.4. The fourth-order valence-corrected chi connectivity index (χ4v) is 4.22. The van der Waals surface area contributed by atoms with Crippen LogP contribution in [0.3, 0.4) is 0 Å². The number of imidazole rings is 1. The molecule has 0 aliphatic heterocycles. The second-order valence-electron chi connectivity index (χ2n) is 8.28. The van der Waals surface area contributed by atoms with E-state index in [1.807, 2.05) is 51.9 Å². The quantitative estimate of drug-likeness (QED) is 0.351. The third kappa shape index (κ3) is 4.39. The molecule has 0 fully saturated rings. The molecule has 4 aromatic heterocycles. The van der Waals surface area contributed by atoms with Crippen LogP contribution in [0.15, 0.2) is 60.0 Å². The van der Waals surface area contributed by atoms with Gasteiger partial charge in [0.15, 0.2) is 0 Å². The van der Waals surface area contributed by atoms with E-state index in [1.165, 1.54) is 0 Å². The lowest BCUT2D eigenvalue weighted by Crippen LogP contribution is -2.26. The summed E-state index contributed by atoms with van der Waals surface area (Å²) in [6, 6.07) is 9.90. The van der Waals surface area contributed by atoms with Gasteiger partial charge in [0.05, 0.1) is 6.54 Å². The topological polar surface area (TPSA) is 125 Å². The molecule has 0 spiro atoms. The van der Waals surface area contributed by atoms with Gasteiger partial charge in [-0.1, -0.05) is 44.5 Å². The molecule has 1 aromatic carbocycles. The van der Waals surface area contributed by atoms with Crippen molar-refractivity contribution in [2.24, 2.45) is 0 Å². The Hall–Kier alpha value is -4.41. The molecule has 0 saturated heterocycles. The average molecular weight is 471 g/mol. The van der Waals surface area contributed by atoms with Crippen molar-refractivity contribution in [1.29, 1.82) is 0 Å². The van der Waals surface area contributed by atoms with Gasteiger partial charge in [0.25, 0.3) is 0 Å². The summed E-state index contributed by atoms with van der Waals surface area (Å²) in [6.45, 7) is 5.33. The minimum Gasteiger partial charge on any atom is -0.299 e. The van der Waals surface area contributed by atoms with Gasteiger partial charge in [0.1, 0.15) is 6.33 Å². The maximum absolute atomic E-state index is 13.5. The van der Waals surface area contributed by atoms with Gasteiger partial charge >= 0.3 is 5.69 Å². The van der Waals surface area contributed by atoms with Gasteiger partial charge in [0, 0.05) is 36.4 Å². The number of aryl methyl sites for hydroxylation is 2. The van der Waals surface area contributed by atoms with Crippen molar-refractivity contribution in [3.8, 4) is 28.5 Å². The molecule has 11 heteroatoms. The van der Waals surface area contributed by atoms with Gasteiger partial charge in [-0.25, -0.2) is 9.36 Å². The van der Waals surface area contributed by atoms with Gasteiger partial charge < -0.3 is 0 Å². The summed E-state index contributed by atoms with van der Waals surface area (Å²) in [4.78, 5) is 17.9. The second-order valence-corrected chi connectivity index (χ2v) is 8.28. The predicted molar refractivity (Wildman–Crippen MR) is 130 cm³/mol. The first-order chi connectivity index (χ1) is 17.2. The van der Waals surface area contributed by atoms with Crippen molar-refractivity contribution in [2.75, 3.05) is 0 Å². The van der Waals surface area contributed by atoms with Gasteiger partial charge in [-0.05, 0) is 40.8 Å². The normalized spacial score (nSPS) is 11.3. The highest BCUT2D eigenvalue weighted by molar-refractivity contribution is 5.69. The van der Waals surface area contributed by atoms with Crippen LogP contribution < -0.4 is 5.69 Å². The van der Waals surface area contributed by atoms with Crippen LogP contribution in [-0.2, 0) is 19.5 Å². The monoisotopic (exact) mass is 470 g/mol. The molecule has 1 N–H and O–H groups in total. The number of hydrogen-bond donors (Lipinski definition) is 1.